The molecule has 4 aliphatic rings. The van der Waals surface area contributed by atoms with Gasteiger partial charge >= 0.3 is 23.9 Å². The van der Waals surface area contributed by atoms with Gasteiger partial charge in [-0.2, -0.15) is 67.3 Å². The van der Waals surface area contributed by atoms with Crippen LogP contribution >= 0.6 is 0 Å². The lowest BCUT2D eigenvalue weighted by Gasteiger charge is -2.27. The Balaban J connectivity index is 0.000000282. The van der Waals surface area contributed by atoms with Crippen molar-refractivity contribution < 1.29 is 139 Å². The standard InChI is InChI=1S/C13H12O8S2.C11H12O8S2.C9H12O8S2.C7H12O8S2/c1-2-8-19-13(14)12-11(10-6-4-3-5-7-10)20-22(15,16)9-23(17,18)21-12;1-17-11(12)10-9(8-5-3-2-4-6-8)18-20(13,14)7-21(15,16)19-10;1-4-5-15-8(10)7-9(2,3)17-19(13,14)6-18(11,12)16-7;1-7(2)5(6(8)13-3)14-16(9,10)4-17(11,12)15-7/h1,3-7,11-12H,8-9H2;2-6,9-10H,7H2,1H3;1,7H,5-6H2,2-3H3;5H,4H2,1-3H3. The van der Waals surface area contributed by atoms with E-state index in [0.29, 0.717) is 0 Å². The van der Waals surface area contributed by atoms with Gasteiger partial charge in [-0.3, -0.25) is 33.5 Å². The summed E-state index contributed by atoms with van der Waals surface area (Å²) in [5.74, 6) is -0.298. The number of carbonyl (C=O) groups is 4. The molecule has 80 heavy (non-hydrogen) atoms. The maximum atomic E-state index is 12.0. The largest absolute Gasteiger partial charge is 0.467 e. The lowest BCUT2D eigenvalue weighted by molar-refractivity contribution is -0.159. The minimum Gasteiger partial charge on any atom is -0.467 e. The van der Waals surface area contributed by atoms with E-state index in [-0.39, 0.29) is 11.1 Å². The van der Waals surface area contributed by atoms with E-state index < -0.39 is 186 Å². The van der Waals surface area contributed by atoms with Gasteiger partial charge in [0.1, 0.15) is 23.4 Å². The van der Waals surface area contributed by atoms with Gasteiger partial charge in [0.05, 0.1) is 14.2 Å². The van der Waals surface area contributed by atoms with Crippen molar-refractivity contribution in [1.82, 2.24) is 0 Å². The summed E-state index contributed by atoms with van der Waals surface area (Å²) < 4.78 is 240. The molecule has 2 aromatic rings. The van der Waals surface area contributed by atoms with Crippen molar-refractivity contribution in [2.24, 2.45) is 0 Å². The van der Waals surface area contributed by atoms with Crippen LogP contribution in [0.15, 0.2) is 60.7 Å². The van der Waals surface area contributed by atoms with E-state index in [4.69, 9.17) is 21.2 Å². The number of esters is 4. The van der Waals surface area contributed by atoms with Gasteiger partial charge in [0, 0.05) is 0 Å². The van der Waals surface area contributed by atoms with Crippen molar-refractivity contribution in [3.05, 3.63) is 71.8 Å². The first kappa shape index (κ1) is 69.0. The van der Waals surface area contributed by atoms with Crippen LogP contribution in [0.4, 0.5) is 0 Å². The first-order valence-corrected chi connectivity index (χ1v) is 33.9. The van der Waals surface area contributed by atoms with Crippen LogP contribution in [-0.4, -0.2) is 175 Å². The van der Waals surface area contributed by atoms with E-state index in [0.717, 1.165) is 14.2 Å². The van der Waals surface area contributed by atoms with E-state index in [1.807, 2.05) is 11.8 Å². The summed E-state index contributed by atoms with van der Waals surface area (Å²) in [6, 6.07) is 15.5. The zero-order valence-electron chi connectivity index (χ0n) is 42.0. The number of hydrogen-bond donors (Lipinski definition) is 0. The Bertz CT molecular complexity index is 3620. The first-order chi connectivity index (χ1) is 36.5. The Morgan fingerprint density at radius 3 is 1.06 bits per heavy atom. The van der Waals surface area contributed by atoms with E-state index in [1.54, 1.807) is 36.4 Å². The summed E-state index contributed by atoms with van der Waals surface area (Å²) in [4.78, 5) is 46.7. The van der Waals surface area contributed by atoms with Crippen molar-refractivity contribution in [3.63, 3.8) is 0 Å². The van der Waals surface area contributed by atoms with Crippen LogP contribution in [0, 0.1) is 24.7 Å². The molecule has 32 nitrogen and oxygen atoms in total. The van der Waals surface area contributed by atoms with E-state index in [2.05, 4.69) is 44.0 Å². The molecule has 4 fully saturated rings. The number of benzene rings is 2. The second-order valence-electron chi connectivity index (χ2n) is 16.8. The molecule has 4 aliphatic heterocycles. The number of methoxy groups -OCH3 is 2. The normalized spacial score (nSPS) is 27.6. The smallest absolute Gasteiger partial charge is 0.340 e. The molecule has 6 unspecified atom stereocenters. The third-order valence-electron chi connectivity index (χ3n) is 9.28. The SMILES string of the molecule is C#CCOC(=O)C1OS(=O)(=O)CS(=O)(=O)OC1(C)C.C#CCOC(=O)C1OS(=O)(=O)CS(=O)(=O)OC1c1ccccc1.COC(=O)C1OS(=O)(=O)CS(=O)(=O)OC1(C)C.COC(=O)C1OS(=O)(=O)CS(=O)(=O)OC1c1ccccc1. The summed E-state index contributed by atoms with van der Waals surface area (Å²) in [7, 11) is -33.5. The van der Waals surface area contributed by atoms with Gasteiger partial charge in [-0.1, -0.05) is 72.5 Å². The van der Waals surface area contributed by atoms with Gasteiger partial charge < -0.3 is 18.9 Å². The molecule has 0 aromatic heterocycles. The Hall–Kier alpha value is -5.28. The molecule has 448 valence electrons. The van der Waals surface area contributed by atoms with Crippen LogP contribution in [0.5, 0.6) is 0 Å². The Morgan fingerprint density at radius 2 is 0.725 bits per heavy atom. The van der Waals surface area contributed by atoms with Gasteiger partial charge in [-0.15, -0.1) is 12.8 Å². The maximum Gasteiger partial charge on any atom is 0.340 e. The van der Waals surface area contributed by atoms with Crippen molar-refractivity contribution >= 4 is 105 Å². The third-order valence-corrected chi connectivity index (χ3v) is 22.9. The Morgan fingerprint density at radius 1 is 0.438 bits per heavy atom. The molecular weight excluding hydrogens is 1250 g/mol. The third kappa shape index (κ3) is 21.2. The number of carbonyl (C=O) groups excluding carboxylic acids is 4. The average molecular weight is 1300 g/mol. The van der Waals surface area contributed by atoms with Crippen LogP contribution < -0.4 is 0 Å². The molecule has 0 N–H and O–H groups in total. The predicted molar refractivity (Wildman–Crippen MR) is 265 cm³/mol. The summed E-state index contributed by atoms with van der Waals surface area (Å²) in [5.41, 5.74) is -2.91. The van der Waals surface area contributed by atoms with Gasteiger partial charge in [-0.25, -0.2) is 19.2 Å². The molecule has 40 heteroatoms. The molecule has 0 spiro atoms. The van der Waals surface area contributed by atoms with E-state index in [9.17, 15) is 86.5 Å². The van der Waals surface area contributed by atoms with Crippen molar-refractivity contribution in [3.8, 4) is 24.7 Å². The number of rotatable bonds is 8. The number of ether oxygens (including phenoxy) is 4. The molecule has 6 rings (SSSR count). The lowest BCUT2D eigenvalue weighted by atomic mass is 10.0. The molecule has 0 aliphatic carbocycles. The minimum absolute atomic E-state index is 0.232. The molecule has 4 saturated heterocycles. The highest BCUT2D eigenvalue weighted by molar-refractivity contribution is 8.05. The first-order valence-electron chi connectivity index (χ1n) is 21.2. The van der Waals surface area contributed by atoms with Crippen LogP contribution in [0.3, 0.4) is 0 Å². The highest BCUT2D eigenvalue weighted by Gasteiger charge is 2.51. The Kier molecular flexibility index (Phi) is 23.1. The molecule has 0 bridgehead atoms. The average Bonchev–Trinajstić information content (AvgIpc) is 3.56. The zero-order valence-corrected chi connectivity index (χ0v) is 48.5. The van der Waals surface area contributed by atoms with Gasteiger partial charge in [0.25, 0.3) is 80.9 Å². The van der Waals surface area contributed by atoms with E-state index >= 15 is 0 Å². The highest BCUT2D eigenvalue weighted by Crippen LogP contribution is 2.34. The number of hydrogen-bond acceptors (Lipinski definition) is 32. The van der Waals surface area contributed by atoms with Crippen LogP contribution in [0.25, 0.3) is 0 Å². The lowest BCUT2D eigenvalue weighted by Crippen LogP contribution is -2.46. The molecule has 0 radical (unpaired) electrons. The molecular formula is C40H48O32S8. The fraction of sp³-hybridized carbons (Fsp3) is 0.500. The minimum atomic E-state index is -4.55. The molecule has 6 atom stereocenters. The molecule has 0 amide bonds. The topological polar surface area (TPSA) is 452 Å². The zero-order chi connectivity index (χ0) is 61.1. The Labute approximate surface area is 460 Å². The quantitative estimate of drug-likeness (QED) is 0.117. The van der Waals surface area contributed by atoms with Crippen molar-refractivity contribution in [2.75, 3.05) is 47.8 Å². The van der Waals surface area contributed by atoms with Crippen LogP contribution in [0.2, 0.25) is 0 Å². The molecule has 0 saturated carbocycles. The fourth-order valence-corrected chi connectivity index (χ4v) is 18.5. The van der Waals surface area contributed by atoms with Gasteiger partial charge in [0.15, 0.2) is 13.2 Å². The van der Waals surface area contributed by atoms with Gasteiger partial charge in [-0.05, 0) is 38.8 Å². The van der Waals surface area contributed by atoms with Crippen molar-refractivity contribution in [2.45, 2.75) is 75.5 Å². The van der Waals surface area contributed by atoms with Gasteiger partial charge in [0.2, 0.25) is 44.8 Å². The monoisotopic (exact) mass is 1300 g/mol. The molecule has 2 aromatic carbocycles. The molecule has 4 heterocycles. The summed E-state index contributed by atoms with van der Waals surface area (Å²) >= 11 is 0. The fourth-order valence-electron chi connectivity index (χ4n) is 6.35. The maximum absolute atomic E-state index is 12.0. The summed E-state index contributed by atoms with van der Waals surface area (Å²) in [6.07, 6.45) is -0.0951. The van der Waals surface area contributed by atoms with Crippen molar-refractivity contribution in [1.29, 1.82) is 0 Å². The second-order valence-corrected chi connectivity index (χ2v) is 31.0. The van der Waals surface area contributed by atoms with Crippen LogP contribution in [0.1, 0.15) is 51.0 Å². The number of terminal acetylenes is 2. The summed E-state index contributed by atoms with van der Waals surface area (Å²) in [5, 5.41) is -5.47. The second kappa shape index (κ2) is 26.8. The predicted octanol–water partition coefficient (Wildman–Crippen LogP) is -2.19. The summed E-state index contributed by atoms with van der Waals surface area (Å²) in [6.45, 7) is 3.98. The highest BCUT2D eigenvalue weighted by atomic mass is 32.3. The van der Waals surface area contributed by atoms with Crippen LogP contribution in [-0.2, 0) is 153 Å². The van der Waals surface area contributed by atoms with E-state index in [1.165, 1.54) is 52.0 Å².